The molecule has 4 heteroatoms. The summed E-state index contributed by atoms with van der Waals surface area (Å²) in [6, 6.07) is 2.42. The zero-order chi connectivity index (χ0) is 10.7. The standard InChI is InChI=1S/C10H14F2N2/c1-3-14(4-2)10-8(13)6-5-7(11)9(10)12/h5-6H,3-4,13H2,1-2H3. The van der Waals surface area contributed by atoms with E-state index in [9.17, 15) is 8.78 Å². The second kappa shape index (κ2) is 4.26. The number of anilines is 2. The number of hydrogen-bond donors (Lipinski definition) is 1. The molecule has 0 saturated carbocycles. The molecule has 0 bridgehead atoms. The molecular formula is C10H14F2N2. The van der Waals surface area contributed by atoms with Crippen molar-refractivity contribution in [3.8, 4) is 0 Å². The summed E-state index contributed by atoms with van der Waals surface area (Å²) in [4.78, 5) is 1.69. The van der Waals surface area contributed by atoms with Crippen molar-refractivity contribution in [3.05, 3.63) is 23.8 Å². The van der Waals surface area contributed by atoms with Gasteiger partial charge in [0.2, 0.25) is 0 Å². The van der Waals surface area contributed by atoms with Crippen molar-refractivity contribution in [2.24, 2.45) is 0 Å². The van der Waals surface area contributed by atoms with Gasteiger partial charge in [-0.3, -0.25) is 0 Å². The molecule has 2 N–H and O–H groups in total. The summed E-state index contributed by atoms with van der Waals surface area (Å²) in [5.41, 5.74) is 6.03. The van der Waals surface area contributed by atoms with Gasteiger partial charge < -0.3 is 10.6 Å². The maximum absolute atomic E-state index is 13.4. The third kappa shape index (κ3) is 1.78. The van der Waals surface area contributed by atoms with Crippen LogP contribution in [-0.2, 0) is 0 Å². The van der Waals surface area contributed by atoms with Crippen LogP contribution in [0.25, 0.3) is 0 Å². The second-order valence-electron chi connectivity index (χ2n) is 2.97. The Morgan fingerprint density at radius 1 is 1.21 bits per heavy atom. The normalized spacial score (nSPS) is 10.3. The molecule has 14 heavy (non-hydrogen) atoms. The minimum atomic E-state index is -0.867. The van der Waals surface area contributed by atoms with Gasteiger partial charge in [0.1, 0.15) is 0 Å². The molecule has 0 atom stereocenters. The fraction of sp³-hybridized carbons (Fsp3) is 0.400. The summed E-state index contributed by atoms with van der Waals surface area (Å²) in [5.74, 6) is -1.73. The molecule has 0 amide bonds. The molecule has 0 aliphatic heterocycles. The Hall–Kier alpha value is -1.32. The summed E-state index contributed by atoms with van der Waals surface area (Å²) >= 11 is 0. The number of rotatable bonds is 3. The zero-order valence-corrected chi connectivity index (χ0v) is 8.35. The summed E-state index contributed by atoms with van der Waals surface area (Å²) in [5, 5.41) is 0. The Morgan fingerprint density at radius 2 is 1.79 bits per heavy atom. The largest absolute Gasteiger partial charge is 0.397 e. The molecule has 0 spiro atoms. The molecule has 0 aliphatic carbocycles. The van der Waals surface area contributed by atoms with Crippen LogP contribution in [0.5, 0.6) is 0 Å². The summed E-state index contributed by atoms with van der Waals surface area (Å²) in [7, 11) is 0. The van der Waals surface area contributed by atoms with Crippen LogP contribution in [0.15, 0.2) is 12.1 Å². The van der Waals surface area contributed by atoms with Gasteiger partial charge in [-0.1, -0.05) is 0 Å². The van der Waals surface area contributed by atoms with E-state index in [0.717, 1.165) is 6.07 Å². The molecule has 78 valence electrons. The van der Waals surface area contributed by atoms with Crippen molar-refractivity contribution in [3.63, 3.8) is 0 Å². The van der Waals surface area contributed by atoms with Crippen LogP contribution in [0.2, 0.25) is 0 Å². The van der Waals surface area contributed by atoms with Crippen molar-refractivity contribution in [1.82, 2.24) is 0 Å². The highest BCUT2D eigenvalue weighted by Crippen LogP contribution is 2.28. The highest BCUT2D eigenvalue weighted by atomic mass is 19.2. The lowest BCUT2D eigenvalue weighted by Crippen LogP contribution is -2.24. The Balaban J connectivity index is 3.23. The average molecular weight is 200 g/mol. The molecule has 0 radical (unpaired) electrons. The smallest absolute Gasteiger partial charge is 0.184 e. The molecule has 0 heterocycles. The molecule has 0 unspecified atom stereocenters. The quantitative estimate of drug-likeness (QED) is 0.759. The first-order chi connectivity index (χ1) is 6.61. The third-order valence-electron chi connectivity index (χ3n) is 2.18. The minimum absolute atomic E-state index is 0.162. The van der Waals surface area contributed by atoms with E-state index in [1.54, 1.807) is 4.90 Å². The molecule has 0 aromatic heterocycles. The zero-order valence-electron chi connectivity index (χ0n) is 8.35. The Bertz CT molecular complexity index is 322. The van der Waals surface area contributed by atoms with Crippen LogP contribution in [-0.4, -0.2) is 13.1 Å². The molecule has 1 aromatic carbocycles. The SMILES string of the molecule is CCN(CC)c1c(N)ccc(F)c1F. The van der Waals surface area contributed by atoms with Crippen LogP contribution in [0.3, 0.4) is 0 Å². The van der Waals surface area contributed by atoms with E-state index in [-0.39, 0.29) is 11.4 Å². The van der Waals surface area contributed by atoms with Gasteiger partial charge in [-0.05, 0) is 26.0 Å². The first kappa shape index (κ1) is 10.8. The average Bonchev–Trinajstić information content (AvgIpc) is 2.19. The lowest BCUT2D eigenvalue weighted by Gasteiger charge is -2.23. The van der Waals surface area contributed by atoms with Gasteiger partial charge in [-0.25, -0.2) is 8.78 Å². The van der Waals surface area contributed by atoms with Crippen LogP contribution in [0, 0.1) is 11.6 Å². The van der Waals surface area contributed by atoms with Crippen LogP contribution in [0.4, 0.5) is 20.2 Å². The number of nitrogens with two attached hydrogens (primary N) is 1. The topological polar surface area (TPSA) is 29.3 Å². The van der Waals surface area contributed by atoms with Crippen molar-refractivity contribution in [1.29, 1.82) is 0 Å². The molecule has 1 rings (SSSR count). The van der Waals surface area contributed by atoms with Gasteiger partial charge in [0.25, 0.3) is 0 Å². The number of hydrogen-bond acceptors (Lipinski definition) is 2. The van der Waals surface area contributed by atoms with Gasteiger partial charge >= 0.3 is 0 Å². The third-order valence-corrected chi connectivity index (χ3v) is 2.18. The maximum Gasteiger partial charge on any atom is 0.184 e. The van der Waals surface area contributed by atoms with E-state index in [0.29, 0.717) is 13.1 Å². The van der Waals surface area contributed by atoms with Crippen molar-refractivity contribution < 1.29 is 8.78 Å². The van der Waals surface area contributed by atoms with Gasteiger partial charge in [0.05, 0.1) is 11.4 Å². The minimum Gasteiger partial charge on any atom is -0.397 e. The molecule has 0 aliphatic rings. The highest BCUT2D eigenvalue weighted by Gasteiger charge is 2.15. The maximum atomic E-state index is 13.4. The van der Waals surface area contributed by atoms with E-state index in [2.05, 4.69) is 0 Å². The molecule has 0 fully saturated rings. The lowest BCUT2D eigenvalue weighted by molar-refractivity contribution is 0.507. The first-order valence-corrected chi connectivity index (χ1v) is 4.60. The van der Waals surface area contributed by atoms with E-state index in [1.807, 2.05) is 13.8 Å². The Labute approximate surface area is 82.3 Å². The highest BCUT2D eigenvalue weighted by molar-refractivity contribution is 5.68. The Kier molecular flexibility index (Phi) is 3.28. The van der Waals surface area contributed by atoms with E-state index in [1.165, 1.54) is 6.07 Å². The fourth-order valence-electron chi connectivity index (χ4n) is 1.42. The van der Waals surface area contributed by atoms with Gasteiger partial charge in [0, 0.05) is 13.1 Å². The predicted octanol–water partition coefficient (Wildman–Crippen LogP) is 2.39. The number of nitrogens with zero attached hydrogens (tertiary/aromatic N) is 1. The summed E-state index contributed by atoms with van der Waals surface area (Å²) in [6.07, 6.45) is 0. The van der Waals surface area contributed by atoms with Crippen molar-refractivity contribution >= 4 is 11.4 Å². The molecule has 2 nitrogen and oxygen atoms in total. The molecular weight excluding hydrogens is 186 g/mol. The summed E-state index contributed by atoms with van der Waals surface area (Å²) in [6.45, 7) is 4.93. The number of benzene rings is 1. The number of nitrogen functional groups attached to an aromatic ring is 1. The van der Waals surface area contributed by atoms with Crippen molar-refractivity contribution in [2.75, 3.05) is 23.7 Å². The summed E-state index contributed by atoms with van der Waals surface area (Å²) < 4.78 is 26.3. The van der Waals surface area contributed by atoms with Crippen LogP contribution >= 0.6 is 0 Å². The van der Waals surface area contributed by atoms with E-state index in [4.69, 9.17) is 5.73 Å². The first-order valence-electron chi connectivity index (χ1n) is 4.60. The predicted molar refractivity (Wildman–Crippen MR) is 54.3 cm³/mol. The van der Waals surface area contributed by atoms with Gasteiger partial charge in [-0.15, -0.1) is 0 Å². The van der Waals surface area contributed by atoms with Gasteiger partial charge in [0.15, 0.2) is 11.6 Å². The van der Waals surface area contributed by atoms with Crippen LogP contribution in [0.1, 0.15) is 13.8 Å². The van der Waals surface area contributed by atoms with Crippen molar-refractivity contribution in [2.45, 2.75) is 13.8 Å². The monoisotopic (exact) mass is 200 g/mol. The van der Waals surface area contributed by atoms with Gasteiger partial charge in [-0.2, -0.15) is 0 Å². The van der Waals surface area contributed by atoms with E-state index < -0.39 is 11.6 Å². The number of halogens is 2. The lowest BCUT2D eigenvalue weighted by atomic mass is 10.2. The molecule has 1 aromatic rings. The second-order valence-corrected chi connectivity index (χ2v) is 2.97. The molecule has 0 saturated heterocycles. The Morgan fingerprint density at radius 3 is 2.29 bits per heavy atom. The van der Waals surface area contributed by atoms with Crippen LogP contribution < -0.4 is 10.6 Å². The van der Waals surface area contributed by atoms with E-state index >= 15 is 0 Å². The fourth-order valence-corrected chi connectivity index (χ4v) is 1.42.